The molecular formula is C26H25FN10O2S. The van der Waals surface area contributed by atoms with Gasteiger partial charge >= 0.3 is 12.1 Å². The van der Waals surface area contributed by atoms with E-state index < -0.39 is 6.08 Å². The largest absolute Gasteiger partial charge is 0.461 e. The summed E-state index contributed by atoms with van der Waals surface area (Å²) in [6.07, 6.45) is -0.930. The van der Waals surface area contributed by atoms with Gasteiger partial charge in [-0.1, -0.05) is 29.5 Å². The molecule has 4 aromatic rings. The fraction of sp³-hybridized carbons (Fsp3) is 0.231. The van der Waals surface area contributed by atoms with Crippen LogP contribution in [0.5, 0.6) is 6.01 Å². The van der Waals surface area contributed by atoms with Crippen LogP contribution in [-0.2, 0) is 4.74 Å². The molecule has 0 aliphatic rings. The molecule has 0 fully saturated rings. The van der Waals surface area contributed by atoms with Gasteiger partial charge in [0, 0.05) is 26.4 Å². The normalized spacial score (nSPS) is 11.2. The van der Waals surface area contributed by atoms with Crippen molar-refractivity contribution < 1.29 is 13.9 Å². The maximum absolute atomic E-state index is 13.7. The van der Waals surface area contributed by atoms with E-state index in [1.54, 1.807) is 13.2 Å². The van der Waals surface area contributed by atoms with Crippen LogP contribution >= 0.6 is 11.3 Å². The maximum Gasteiger partial charge on any atom is 0.323 e. The van der Waals surface area contributed by atoms with Crippen molar-refractivity contribution in [2.75, 3.05) is 50.7 Å². The van der Waals surface area contributed by atoms with Gasteiger partial charge in [-0.25, -0.2) is 0 Å². The van der Waals surface area contributed by atoms with Crippen LogP contribution < -0.4 is 15.0 Å². The van der Waals surface area contributed by atoms with Crippen LogP contribution in [0.1, 0.15) is 5.56 Å². The van der Waals surface area contributed by atoms with Crippen molar-refractivity contribution in [1.29, 1.82) is 5.26 Å². The van der Waals surface area contributed by atoms with Crippen LogP contribution in [0.2, 0.25) is 0 Å². The Balaban J connectivity index is 1.31. The number of halogens is 1. The van der Waals surface area contributed by atoms with Gasteiger partial charge in [0.2, 0.25) is 5.95 Å². The average molecular weight is 561 g/mol. The Morgan fingerprint density at radius 2 is 1.73 bits per heavy atom. The summed E-state index contributed by atoms with van der Waals surface area (Å²) >= 11 is 1.23. The predicted octanol–water partition coefficient (Wildman–Crippen LogP) is 6.35. The van der Waals surface area contributed by atoms with E-state index in [0.29, 0.717) is 46.6 Å². The molecule has 40 heavy (non-hydrogen) atoms. The fourth-order valence-corrected chi connectivity index (χ4v) is 3.95. The highest BCUT2D eigenvalue weighted by Gasteiger charge is 2.10. The van der Waals surface area contributed by atoms with Crippen LogP contribution in [0.25, 0.3) is 0 Å². The molecule has 0 aliphatic heterocycles. The summed E-state index contributed by atoms with van der Waals surface area (Å²) in [7, 11) is 3.45. The summed E-state index contributed by atoms with van der Waals surface area (Å²) in [6, 6.07) is 20.4. The maximum atomic E-state index is 13.7. The molecule has 0 atom stereocenters. The molecule has 2 aromatic carbocycles. The van der Waals surface area contributed by atoms with Crippen molar-refractivity contribution in [3.8, 4) is 12.1 Å². The first kappa shape index (κ1) is 28.1. The highest BCUT2D eigenvalue weighted by Crippen LogP contribution is 2.37. The zero-order valence-electron chi connectivity index (χ0n) is 21.7. The molecule has 0 amide bonds. The summed E-state index contributed by atoms with van der Waals surface area (Å²) in [4.78, 5) is 13.2. The lowest BCUT2D eigenvalue weighted by atomic mass is 10.2. The van der Waals surface area contributed by atoms with Crippen LogP contribution in [0.4, 0.5) is 37.4 Å². The SMILES string of the molecule is COCCNc1nc(F)nc(OCCN(C)c2ccc(N=Nc3sc(N=Nc4ccccc4)cc3C#N)cc2)n1. The number of hydrogen-bond acceptors (Lipinski definition) is 13. The highest BCUT2D eigenvalue weighted by atomic mass is 32.1. The fourth-order valence-electron chi connectivity index (χ4n) is 3.19. The van der Waals surface area contributed by atoms with E-state index in [9.17, 15) is 9.65 Å². The second-order valence-electron chi connectivity index (χ2n) is 8.07. The van der Waals surface area contributed by atoms with Gasteiger partial charge < -0.3 is 19.7 Å². The van der Waals surface area contributed by atoms with Crippen molar-refractivity contribution in [2.45, 2.75) is 0 Å². The zero-order valence-corrected chi connectivity index (χ0v) is 22.5. The van der Waals surface area contributed by atoms with E-state index in [2.05, 4.69) is 46.8 Å². The Kier molecular flexibility index (Phi) is 10.1. The number of rotatable bonds is 13. The molecule has 204 valence electrons. The third kappa shape index (κ3) is 8.32. The van der Waals surface area contributed by atoms with Crippen LogP contribution in [-0.4, -0.2) is 55.4 Å². The molecule has 0 aliphatic carbocycles. The van der Waals surface area contributed by atoms with Crippen molar-refractivity contribution >= 4 is 44.3 Å². The minimum absolute atomic E-state index is 0.0786. The summed E-state index contributed by atoms with van der Waals surface area (Å²) < 4.78 is 24.1. The standard InChI is InChI=1S/C26H25FN10O2S/c1-37(13-15-39-26-31-24(27)30-25(32-26)29-12-14-38-2)21-10-8-20(9-11-21)34-36-23-18(17-28)16-22(40-23)35-33-19-6-4-3-5-7-19/h3-11,16H,12-15H2,1-2H3,(H,29,30,31,32). The number of methoxy groups -OCH3 is 1. The molecule has 0 radical (unpaired) electrons. The molecule has 1 N–H and O–H groups in total. The van der Waals surface area contributed by atoms with Gasteiger partial charge in [-0.3, -0.25) is 0 Å². The molecule has 0 bridgehead atoms. The predicted molar refractivity (Wildman–Crippen MR) is 149 cm³/mol. The van der Waals surface area contributed by atoms with Crippen LogP contribution in [0.3, 0.4) is 0 Å². The Labute approximate surface area is 233 Å². The number of likely N-dealkylation sites (N-methyl/N-ethyl adjacent to an activating group) is 1. The lowest BCUT2D eigenvalue weighted by Crippen LogP contribution is -2.24. The quantitative estimate of drug-likeness (QED) is 0.147. The Morgan fingerprint density at radius 3 is 2.48 bits per heavy atom. The first-order valence-corrected chi connectivity index (χ1v) is 12.9. The Bertz CT molecular complexity index is 1490. The van der Waals surface area contributed by atoms with Crippen LogP contribution in [0, 0.1) is 17.4 Å². The van der Waals surface area contributed by atoms with Crippen molar-refractivity contribution in [2.24, 2.45) is 20.5 Å². The van der Waals surface area contributed by atoms with Gasteiger partial charge in [-0.15, -0.1) is 25.4 Å². The van der Waals surface area contributed by atoms with Gasteiger partial charge in [0.1, 0.15) is 17.7 Å². The lowest BCUT2D eigenvalue weighted by Gasteiger charge is -2.19. The van der Waals surface area contributed by atoms with Crippen molar-refractivity contribution in [1.82, 2.24) is 15.0 Å². The number of ether oxygens (including phenoxy) is 2. The number of nitrogens with zero attached hydrogens (tertiary/aromatic N) is 9. The summed E-state index contributed by atoms with van der Waals surface area (Å²) in [6.45, 7) is 1.55. The molecule has 0 spiro atoms. The first-order valence-electron chi connectivity index (χ1n) is 12.0. The van der Waals surface area contributed by atoms with E-state index in [0.717, 1.165) is 5.69 Å². The molecule has 14 heteroatoms. The second kappa shape index (κ2) is 14.3. The number of azo groups is 2. The number of nitrogens with one attached hydrogen (secondary N) is 1. The van der Waals surface area contributed by atoms with Gasteiger partial charge in [-0.05, 0) is 42.5 Å². The monoisotopic (exact) mass is 560 g/mol. The molecule has 2 aromatic heterocycles. The highest BCUT2D eigenvalue weighted by molar-refractivity contribution is 7.19. The van der Waals surface area contributed by atoms with Crippen molar-refractivity contribution in [3.63, 3.8) is 0 Å². The third-order valence-electron chi connectivity index (χ3n) is 5.22. The topological polar surface area (TPSA) is 146 Å². The minimum atomic E-state index is -0.930. The molecule has 2 heterocycles. The van der Waals surface area contributed by atoms with Gasteiger partial charge in [0.15, 0.2) is 5.00 Å². The Hall–Kier alpha value is -4.87. The molecule has 0 saturated heterocycles. The summed E-state index contributed by atoms with van der Waals surface area (Å²) in [5.41, 5.74) is 2.62. The number of nitriles is 1. The van der Waals surface area contributed by atoms with E-state index in [1.807, 2.05) is 66.5 Å². The summed E-state index contributed by atoms with van der Waals surface area (Å²) in [5, 5.41) is 30.2. The molecular weight excluding hydrogens is 535 g/mol. The van der Waals surface area contributed by atoms with Crippen molar-refractivity contribution in [3.05, 3.63) is 72.3 Å². The number of hydrogen-bond donors (Lipinski definition) is 1. The summed E-state index contributed by atoms with van der Waals surface area (Å²) in [5.74, 6) is 0.0786. The molecule has 12 nitrogen and oxygen atoms in total. The average Bonchev–Trinajstić information content (AvgIpc) is 3.38. The molecule has 4 rings (SSSR count). The second-order valence-corrected chi connectivity index (χ2v) is 9.08. The lowest BCUT2D eigenvalue weighted by molar-refractivity contribution is 0.210. The van der Waals surface area contributed by atoms with E-state index in [4.69, 9.17) is 9.47 Å². The number of aromatic nitrogens is 3. The van der Waals surface area contributed by atoms with E-state index in [-0.39, 0.29) is 18.6 Å². The van der Waals surface area contributed by atoms with E-state index >= 15 is 0 Å². The zero-order chi connectivity index (χ0) is 28.2. The van der Waals surface area contributed by atoms with Gasteiger partial charge in [0.25, 0.3) is 0 Å². The van der Waals surface area contributed by atoms with Crippen LogP contribution in [0.15, 0.2) is 81.1 Å². The Morgan fingerprint density at radius 1 is 0.975 bits per heavy atom. The first-order chi connectivity index (χ1) is 19.5. The van der Waals surface area contributed by atoms with Gasteiger partial charge in [0.05, 0.1) is 30.1 Å². The number of benzene rings is 2. The number of anilines is 2. The molecule has 0 unspecified atom stereocenters. The molecule has 0 saturated carbocycles. The third-order valence-corrected chi connectivity index (χ3v) is 6.13. The van der Waals surface area contributed by atoms with Gasteiger partial charge in [-0.2, -0.15) is 19.6 Å². The minimum Gasteiger partial charge on any atom is -0.461 e. The van der Waals surface area contributed by atoms with E-state index in [1.165, 1.54) is 11.3 Å². The smallest absolute Gasteiger partial charge is 0.323 e. The number of thiophene rings is 1.